The molecular formula is C22H24N4OS. The second kappa shape index (κ2) is 7.17. The van der Waals surface area contributed by atoms with Crippen LogP contribution in [0.1, 0.15) is 42.2 Å². The van der Waals surface area contributed by atoms with Crippen molar-refractivity contribution < 1.29 is 4.79 Å². The predicted octanol–water partition coefficient (Wildman–Crippen LogP) is 4.78. The summed E-state index contributed by atoms with van der Waals surface area (Å²) < 4.78 is 0. The van der Waals surface area contributed by atoms with Gasteiger partial charge in [0.15, 0.2) is 0 Å². The summed E-state index contributed by atoms with van der Waals surface area (Å²) in [6.07, 6.45) is 7.18. The molecule has 2 aliphatic rings. The Hall–Kier alpha value is -2.47. The zero-order valence-electron chi connectivity index (χ0n) is 16.0. The lowest BCUT2D eigenvalue weighted by Crippen LogP contribution is -2.13. The third-order valence-corrected chi connectivity index (χ3v) is 6.86. The van der Waals surface area contributed by atoms with Crippen LogP contribution in [0.25, 0.3) is 10.2 Å². The van der Waals surface area contributed by atoms with E-state index in [9.17, 15) is 4.79 Å². The fourth-order valence-corrected chi connectivity index (χ4v) is 5.29. The van der Waals surface area contributed by atoms with Crippen LogP contribution >= 0.6 is 11.3 Å². The van der Waals surface area contributed by atoms with Gasteiger partial charge in [0.2, 0.25) is 5.91 Å². The first-order valence-corrected chi connectivity index (χ1v) is 10.9. The van der Waals surface area contributed by atoms with Crippen LogP contribution in [0.15, 0.2) is 30.6 Å². The summed E-state index contributed by atoms with van der Waals surface area (Å²) in [6.45, 7) is 2.99. The number of nitrogens with zero attached hydrogens (tertiary/aromatic N) is 2. The van der Waals surface area contributed by atoms with Crippen LogP contribution in [0, 0.1) is 11.8 Å². The molecular weight excluding hydrogens is 368 g/mol. The summed E-state index contributed by atoms with van der Waals surface area (Å²) in [7, 11) is 0. The van der Waals surface area contributed by atoms with Gasteiger partial charge in [0.25, 0.3) is 0 Å². The number of aromatic nitrogens is 2. The summed E-state index contributed by atoms with van der Waals surface area (Å²) in [5, 5.41) is 7.73. The Kier molecular flexibility index (Phi) is 4.51. The Balaban J connectivity index is 1.35. The van der Waals surface area contributed by atoms with Gasteiger partial charge in [0, 0.05) is 23.0 Å². The predicted molar refractivity (Wildman–Crippen MR) is 114 cm³/mol. The smallest absolute Gasteiger partial charge is 0.227 e. The van der Waals surface area contributed by atoms with E-state index in [-0.39, 0.29) is 11.8 Å². The minimum atomic E-state index is 0.141. The minimum absolute atomic E-state index is 0.141. The molecule has 0 aliphatic heterocycles. The number of anilines is 2. The molecule has 6 heteroatoms. The van der Waals surface area contributed by atoms with Gasteiger partial charge in [-0.1, -0.05) is 19.1 Å². The molecule has 5 rings (SSSR count). The minimum Gasteiger partial charge on any atom is -0.365 e. The summed E-state index contributed by atoms with van der Waals surface area (Å²) in [5.74, 6) is 2.02. The van der Waals surface area contributed by atoms with Gasteiger partial charge in [0.1, 0.15) is 17.0 Å². The monoisotopic (exact) mass is 392 g/mol. The zero-order valence-corrected chi connectivity index (χ0v) is 16.8. The molecule has 2 heterocycles. The van der Waals surface area contributed by atoms with Gasteiger partial charge >= 0.3 is 0 Å². The molecule has 28 heavy (non-hydrogen) atoms. The summed E-state index contributed by atoms with van der Waals surface area (Å²) >= 11 is 1.82. The summed E-state index contributed by atoms with van der Waals surface area (Å²) in [4.78, 5) is 23.6. The molecule has 2 aliphatic carbocycles. The van der Waals surface area contributed by atoms with E-state index < -0.39 is 0 Å². The molecule has 3 aromatic rings. The second-order valence-corrected chi connectivity index (χ2v) is 9.16. The number of benzene rings is 1. The maximum absolute atomic E-state index is 12.0. The SMILES string of the molecule is CC1CCc2c(sc3ncnc(NCc4cccc(NC(=O)C5CC5)c4)c23)C1. The molecule has 2 N–H and O–H groups in total. The molecule has 5 nitrogen and oxygen atoms in total. The number of carbonyl (C=O) groups excluding carboxylic acids is 1. The first-order chi connectivity index (χ1) is 13.7. The number of fused-ring (bicyclic) bond motifs is 3. The van der Waals surface area contributed by atoms with E-state index in [1.54, 1.807) is 6.33 Å². The molecule has 1 atom stereocenters. The van der Waals surface area contributed by atoms with Gasteiger partial charge in [-0.05, 0) is 61.3 Å². The molecule has 1 aromatic carbocycles. The Bertz CT molecular complexity index is 1040. The van der Waals surface area contributed by atoms with E-state index in [0.717, 1.165) is 53.5 Å². The molecule has 0 radical (unpaired) electrons. The van der Waals surface area contributed by atoms with E-state index >= 15 is 0 Å². The molecule has 1 unspecified atom stereocenters. The third kappa shape index (κ3) is 3.49. The second-order valence-electron chi connectivity index (χ2n) is 8.07. The van der Waals surface area contributed by atoms with Gasteiger partial charge in [-0.2, -0.15) is 0 Å². The van der Waals surface area contributed by atoms with Crippen LogP contribution in [-0.4, -0.2) is 15.9 Å². The summed E-state index contributed by atoms with van der Waals surface area (Å²) in [5.41, 5.74) is 3.43. The lowest BCUT2D eigenvalue weighted by atomic mass is 9.89. The van der Waals surface area contributed by atoms with Gasteiger partial charge in [0.05, 0.1) is 5.39 Å². The standard InChI is InChI=1S/C22H24N4OS/c1-13-5-8-17-18(9-13)28-22-19(17)20(24-12-25-22)23-11-14-3-2-4-16(10-14)26-21(27)15-6-7-15/h2-4,10,12-13,15H,5-9,11H2,1H3,(H,26,27)(H,23,24,25). The fraction of sp³-hybridized carbons (Fsp3) is 0.409. The third-order valence-electron chi connectivity index (χ3n) is 5.69. The number of carbonyl (C=O) groups is 1. The van der Waals surface area contributed by atoms with Crippen molar-refractivity contribution in [2.45, 2.75) is 45.6 Å². The van der Waals surface area contributed by atoms with Crippen molar-refractivity contribution in [2.75, 3.05) is 10.6 Å². The molecule has 0 spiro atoms. The van der Waals surface area contributed by atoms with Crippen molar-refractivity contribution in [1.29, 1.82) is 0 Å². The van der Waals surface area contributed by atoms with Crippen molar-refractivity contribution >= 4 is 39.0 Å². The maximum Gasteiger partial charge on any atom is 0.227 e. The van der Waals surface area contributed by atoms with E-state index in [4.69, 9.17) is 0 Å². The Morgan fingerprint density at radius 3 is 3.00 bits per heavy atom. The van der Waals surface area contributed by atoms with Crippen molar-refractivity contribution in [3.05, 3.63) is 46.6 Å². The highest BCUT2D eigenvalue weighted by Gasteiger charge is 2.29. The van der Waals surface area contributed by atoms with Crippen LogP contribution in [0.3, 0.4) is 0 Å². The highest BCUT2D eigenvalue weighted by molar-refractivity contribution is 7.19. The Morgan fingerprint density at radius 2 is 2.14 bits per heavy atom. The first kappa shape index (κ1) is 17.6. The number of aryl methyl sites for hydroxylation is 1. The average Bonchev–Trinajstić information content (AvgIpc) is 3.47. The molecule has 144 valence electrons. The highest BCUT2D eigenvalue weighted by Crippen LogP contribution is 2.39. The molecule has 1 saturated carbocycles. The van der Waals surface area contributed by atoms with Crippen molar-refractivity contribution in [2.24, 2.45) is 11.8 Å². The number of hydrogen-bond acceptors (Lipinski definition) is 5. The van der Waals surface area contributed by atoms with Crippen LogP contribution in [0.4, 0.5) is 11.5 Å². The maximum atomic E-state index is 12.0. The molecule has 1 amide bonds. The lowest BCUT2D eigenvalue weighted by Gasteiger charge is -2.18. The molecule has 2 aromatic heterocycles. The van der Waals surface area contributed by atoms with Crippen LogP contribution in [0.2, 0.25) is 0 Å². The van der Waals surface area contributed by atoms with Crippen molar-refractivity contribution in [3.63, 3.8) is 0 Å². The number of thiophene rings is 1. The number of nitrogens with one attached hydrogen (secondary N) is 2. The first-order valence-electron chi connectivity index (χ1n) is 10.1. The fourth-order valence-electron chi connectivity index (χ4n) is 3.94. The van der Waals surface area contributed by atoms with Crippen LogP contribution in [0.5, 0.6) is 0 Å². The molecule has 1 fully saturated rings. The zero-order chi connectivity index (χ0) is 19.1. The number of amides is 1. The normalized spacial score (nSPS) is 18.7. The van der Waals surface area contributed by atoms with Gasteiger partial charge in [-0.3, -0.25) is 4.79 Å². The number of rotatable bonds is 5. The Labute approximate surface area is 168 Å². The van der Waals surface area contributed by atoms with Crippen LogP contribution in [-0.2, 0) is 24.2 Å². The quantitative estimate of drug-likeness (QED) is 0.656. The van der Waals surface area contributed by atoms with E-state index in [1.807, 2.05) is 29.5 Å². The van der Waals surface area contributed by atoms with Crippen molar-refractivity contribution in [3.8, 4) is 0 Å². The van der Waals surface area contributed by atoms with E-state index in [1.165, 1.54) is 22.2 Å². The van der Waals surface area contributed by atoms with Crippen molar-refractivity contribution in [1.82, 2.24) is 9.97 Å². The average molecular weight is 393 g/mol. The van der Waals surface area contributed by atoms with Gasteiger partial charge in [-0.15, -0.1) is 11.3 Å². The van der Waals surface area contributed by atoms with Gasteiger partial charge in [-0.25, -0.2) is 9.97 Å². The van der Waals surface area contributed by atoms with E-state index in [2.05, 4.69) is 33.6 Å². The molecule has 0 saturated heterocycles. The highest BCUT2D eigenvalue weighted by atomic mass is 32.1. The topological polar surface area (TPSA) is 66.9 Å². The summed E-state index contributed by atoms with van der Waals surface area (Å²) in [6, 6.07) is 8.05. The van der Waals surface area contributed by atoms with E-state index in [0.29, 0.717) is 6.54 Å². The van der Waals surface area contributed by atoms with Crippen LogP contribution < -0.4 is 10.6 Å². The number of hydrogen-bond donors (Lipinski definition) is 2. The largest absolute Gasteiger partial charge is 0.365 e. The lowest BCUT2D eigenvalue weighted by molar-refractivity contribution is -0.117. The molecule has 0 bridgehead atoms. The Morgan fingerprint density at radius 1 is 1.25 bits per heavy atom. The van der Waals surface area contributed by atoms with Gasteiger partial charge < -0.3 is 10.6 Å².